The van der Waals surface area contributed by atoms with Crippen molar-refractivity contribution in [2.24, 2.45) is 17.3 Å². The Balaban J connectivity index is 2.05. The van der Waals surface area contributed by atoms with Crippen molar-refractivity contribution >= 4 is 15.7 Å². The Bertz CT molecular complexity index is 526. The highest BCUT2D eigenvalue weighted by molar-refractivity contribution is 7.90. The molecular weight excluding hydrogens is 310 g/mol. The van der Waals surface area contributed by atoms with Crippen molar-refractivity contribution in [1.82, 2.24) is 4.90 Å². The minimum absolute atomic E-state index is 0.117. The summed E-state index contributed by atoms with van der Waals surface area (Å²) >= 11 is 0. The Morgan fingerprint density at radius 2 is 1.91 bits per heavy atom. The van der Waals surface area contributed by atoms with Crippen LogP contribution in [0, 0.1) is 17.3 Å². The van der Waals surface area contributed by atoms with Crippen LogP contribution in [-0.4, -0.2) is 43.8 Å². The molecule has 134 valence electrons. The predicted octanol–water partition coefficient (Wildman–Crippen LogP) is 3.26. The second-order valence-corrected chi connectivity index (χ2v) is 11.0. The Kier molecular flexibility index (Phi) is 5.81. The van der Waals surface area contributed by atoms with Gasteiger partial charge in [0.1, 0.15) is 9.84 Å². The van der Waals surface area contributed by atoms with Gasteiger partial charge in [-0.05, 0) is 56.3 Å². The van der Waals surface area contributed by atoms with Gasteiger partial charge < -0.3 is 4.90 Å². The molecule has 1 saturated heterocycles. The van der Waals surface area contributed by atoms with Crippen LogP contribution in [0.3, 0.4) is 0 Å². The number of rotatable bonds is 4. The lowest BCUT2D eigenvalue weighted by Gasteiger charge is -2.43. The molecule has 0 aromatic carbocycles. The first kappa shape index (κ1) is 18.8. The molecule has 1 aliphatic carbocycles. The zero-order chi connectivity index (χ0) is 17.3. The zero-order valence-electron chi connectivity index (χ0n) is 15.2. The average Bonchev–Trinajstić information content (AvgIpc) is 2.41. The summed E-state index contributed by atoms with van der Waals surface area (Å²) < 4.78 is 23.0. The molecule has 2 fully saturated rings. The van der Waals surface area contributed by atoms with Crippen molar-refractivity contribution in [2.45, 2.75) is 71.8 Å². The van der Waals surface area contributed by atoms with Gasteiger partial charge in [-0.1, -0.05) is 20.8 Å². The summed E-state index contributed by atoms with van der Waals surface area (Å²) in [5, 5.41) is 0. The van der Waals surface area contributed by atoms with E-state index >= 15 is 0 Å². The largest absolute Gasteiger partial charge is 0.339 e. The van der Waals surface area contributed by atoms with Crippen LogP contribution in [0.4, 0.5) is 0 Å². The molecule has 2 rings (SSSR count). The lowest BCUT2D eigenvalue weighted by molar-refractivity contribution is -0.142. The first-order valence-electron chi connectivity index (χ1n) is 9.06. The summed E-state index contributed by atoms with van der Waals surface area (Å²) in [5.74, 6) is 1.18. The molecule has 0 bridgehead atoms. The van der Waals surface area contributed by atoms with Crippen molar-refractivity contribution in [3.05, 3.63) is 0 Å². The fourth-order valence-electron chi connectivity index (χ4n) is 4.71. The van der Waals surface area contributed by atoms with Gasteiger partial charge in [0.05, 0.1) is 5.75 Å². The van der Waals surface area contributed by atoms with E-state index in [4.69, 9.17) is 0 Å². The summed E-state index contributed by atoms with van der Waals surface area (Å²) in [6, 6.07) is 0.117. The van der Waals surface area contributed by atoms with Crippen molar-refractivity contribution in [1.29, 1.82) is 0 Å². The fraction of sp³-hybridized carbons (Fsp3) is 0.944. The molecule has 1 amide bonds. The first-order chi connectivity index (χ1) is 10.6. The van der Waals surface area contributed by atoms with E-state index in [2.05, 4.69) is 20.8 Å². The number of piperidine rings is 1. The molecular formula is C18H33NO3S. The van der Waals surface area contributed by atoms with Crippen LogP contribution in [-0.2, 0) is 14.6 Å². The topological polar surface area (TPSA) is 54.5 Å². The van der Waals surface area contributed by atoms with Gasteiger partial charge in [-0.25, -0.2) is 8.42 Å². The van der Waals surface area contributed by atoms with Gasteiger partial charge in [0.2, 0.25) is 5.91 Å². The molecule has 0 N–H and O–H groups in total. The van der Waals surface area contributed by atoms with Crippen LogP contribution >= 0.6 is 0 Å². The van der Waals surface area contributed by atoms with Crippen molar-refractivity contribution < 1.29 is 13.2 Å². The molecule has 2 aliphatic rings. The molecule has 3 unspecified atom stereocenters. The summed E-state index contributed by atoms with van der Waals surface area (Å²) in [4.78, 5) is 15.1. The molecule has 23 heavy (non-hydrogen) atoms. The third-order valence-corrected chi connectivity index (χ3v) is 6.45. The monoisotopic (exact) mass is 343 g/mol. The van der Waals surface area contributed by atoms with Crippen LogP contribution in [0.1, 0.15) is 65.7 Å². The van der Waals surface area contributed by atoms with E-state index in [9.17, 15) is 13.2 Å². The van der Waals surface area contributed by atoms with E-state index in [-0.39, 0.29) is 29.0 Å². The van der Waals surface area contributed by atoms with Gasteiger partial charge in [0.25, 0.3) is 0 Å². The number of amides is 1. The van der Waals surface area contributed by atoms with E-state index in [0.717, 1.165) is 38.6 Å². The number of hydrogen-bond acceptors (Lipinski definition) is 3. The maximum Gasteiger partial charge on any atom is 0.225 e. The lowest BCUT2D eigenvalue weighted by Crippen LogP contribution is -2.48. The second-order valence-electron chi connectivity index (χ2n) is 8.71. The Hall–Kier alpha value is -0.580. The average molecular weight is 344 g/mol. The minimum atomic E-state index is -2.96. The molecule has 0 spiro atoms. The highest BCUT2D eigenvalue weighted by atomic mass is 32.2. The van der Waals surface area contributed by atoms with Crippen LogP contribution in [0.5, 0.6) is 0 Å². The Morgan fingerprint density at radius 3 is 2.52 bits per heavy atom. The maximum atomic E-state index is 13.1. The van der Waals surface area contributed by atoms with Crippen LogP contribution in [0.25, 0.3) is 0 Å². The molecule has 3 atom stereocenters. The van der Waals surface area contributed by atoms with Crippen molar-refractivity contribution in [3.8, 4) is 0 Å². The Morgan fingerprint density at radius 1 is 1.22 bits per heavy atom. The second kappa shape index (κ2) is 7.12. The van der Waals surface area contributed by atoms with E-state index < -0.39 is 9.84 Å². The lowest BCUT2D eigenvalue weighted by atomic mass is 9.67. The van der Waals surface area contributed by atoms with Gasteiger partial charge in [-0.2, -0.15) is 0 Å². The highest BCUT2D eigenvalue weighted by Gasteiger charge is 2.39. The summed E-state index contributed by atoms with van der Waals surface area (Å²) in [5.41, 5.74) is 0.232. The maximum absolute atomic E-state index is 13.1. The zero-order valence-corrected chi connectivity index (χ0v) is 16.0. The van der Waals surface area contributed by atoms with Gasteiger partial charge in [-0.3, -0.25) is 4.79 Å². The molecule has 1 aliphatic heterocycles. The molecule has 1 saturated carbocycles. The number of hydrogen-bond donors (Lipinski definition) is 0. The van der Waals surface area contributed by atoms with Crippen molar-refractivity contribution in [3.63, 3.8) is 0 Å². The van der Waals surface area contributed by atoms with E-state index in [1.54, 1.807) is 0 Å². The number of carbonyl (C=O) groups excluding carboxylic acids is 1. The van der Waals surface area contributed by atoms with Crippen LogP contribution < -0.4 is 0 Å². The standard InChI is InChI=1S/C18H33NO3S/c1-14-11-15(13-18(2,3)12-14)17(20)19-9-6-5-7-16(19)8-10-23(4,21)22/h14-16H,5-13H2,1-4H3. The SMILES string of the molecule is CC1CC(C(=O)N2CCCCC2CCS(C)(=O)=O)CC(C)(C)C1. The number of sulfone groups is 1. The molecule has 5 heteroatoms. The van der Waals surface area contributed by atoms with Gasteiger partial charge in [-0.15, -0.1) is 0 Å². The normalized spacial score (nSPS) is 31.8. The van der Waals surface area contributed by atoms with E-state index in [1.807, 2.05) is 4.90 Å². The van der Waals surface area contributed by atoms with Gasteiger partial charge in [0, 0.05) is 24.8 Å². The third kappa shape index (κ3) is 5.47. The smallest absolute Gasteiger partial charge is 0.225 e. The van der Waals surface area contributed by atoms with E-state index in [1.165, 1.54) is 12.7 Å². The number of likely N-dealkylation sites (tertiary alicyclic amines) is 1. The molecule has 4 nitrogen and oxygen atoms in total. The number of carbonyl (C=O) groups is 1. The quantitative estimate of drug-likeness (QED) is 0.787. The predicted molar refractivity (Wildman–Crippen MR) is 94.0 cm³/mol. The molecule has 0 radical (unpaired) electrons. The minimum Gasteiger partial charge on any atom is -0.339 e. The van der Waals surface area contributed by atoms with Crippen molar-refractivity contribution in [2.75, 3.05) is 18.6 Å². The first-order valence-corrected chi connectivity index (χ1v) is 11.1. The van der Waals surface area contributed by atoms with E-state index in [0.29, 0.717) is 12.3 Å². The van der Waals surface area contributed by atoms with Crippen LogP contribution in [0.2, 0.25) is 0 Å². The molecule has 1 heterocycles. The molecule has 0 aromatic rings. The third-order valence-electron chi connectivity index (χ3n) is 5.47. The highest BCUT2D eigenvalue weighted by Crippen LogP contribution is 2.42. The summed E-state index contributed by atoms with van der Waals surface area (Å²) in [6.45, 7) is 7.58. The fourth-order valence-corrected chi connectivity index (χ4v) is 5.41. The van der Waals surface area contributed by atoms with Crippen LogP contribution in [0.15, 0.2) is 0 Å². The number of nitrogens with zero attached hydrogens (tertiary/aromatic N) is 1. The summed E-state index contributed by atoms with van der Waals surface area (Å²) in [7, 11) is -2.96. The summed E-state index contributed by atoms with van der Waals surface area (Å²) in [6.07, 6.45) is 8.12. The molecule has 0 aromatic heterocycles. The van der Waals surface area contributed by atoms with Gasteiger partial charge in [0.15, 0.2) is 0 Å². The Labute approximate surface area is 141 Å². The van der Waals surface area contributed by atoms with Gasteiger partial charge >= 0.3 is 0 Å².